The van der Waals surface area contributed by atoms with E-state index in [1.54, 1.807) is 0 Å². The van der Waals surface area contributed by atoms with Crippen molar-refractivity contribution in [1.82, 2.24) is 14.8 Å². The fourth-order valence-electron chi connectivity index (χ4n) is 4.10. The third kappa shape index (κ3) is 3.59. The number of aromatic nitrogens is 1. The lowest BCUT2D eigenvalue weighted by atomic mass is 9.98. The quantitative estimate of drug-likeness (QED) is 0.827. The molecule has 3 heterocycles. The van der Waals surface area contributed by atoms with Crippen molar-refractivity contribution in [3.8, 4) is 0 Å². The zero-order valence-electron chi connectivity index (χ0n) is 15.0. The molecule has 1 aromatic heterocycles. The zero-order chi connectivity index (χ0) is 17.9. The molecule has 2 aliphatic rings. The molecular weight excluding hydrogens is 330 g/mol. The van der Waals surface area contributed by atoms with Crippen molar-refractivity contribution in [3.63, 3.8) is 0 Å². The Labute approximate surface area is 153 Å². The molecule has 1 aromatic carbocycles. The summed E-state index contributed by atoms with van der Waals surface area (Å²) in [7, 11) is 0. The number of nitrogens with zero attached hydrogens (tertiary/aromatic N) is 3. The topological polar surface area (TPSA) is 66.7 Å². The molecule has 2 fully saturated rings. The van der Waals surface area contributed by atoms with Crippen LogP contribution in [0.3, 0.4) is 0 Å². The molecule has 0 bridgehead atoms. The summed E-state index contributed by atoms with van der Waals surface area (Å²) in [6, 6.07) is 7.79. The Bertz CT molecular complexity index is 767. The van der Waals surface area contributed by atoms with Crippen LogP contribution in [0.5, 0.6) is 0 Å². The second-order valence-corrected chi connectivity index (χ2v) is 7.26. The molecule has 2 aromatic rings. The Kier molecular flexibility index (Phi) is 4.91. The molecule has 4 rings (SSSR count). The van der Waals surface area contributed by atoms with Gasteiger partial charge in [0.2, 0.25) is 17.7 Å². The summed E-state index contributed by atoms with van der Waals surface area (Å²) in [6.45, 7) is 2.41. The minimum atomic E-state index is 0.0778. The lowest BCUT2D eigenvalue weighted by molar-refractivity contribution is -0.134. The lowest BCUT2D eigenvalue weighted by Gasteiger charge is -2.36. The molecule has 1 unspecified atom stereocenters. The van der Waals surface area contributed by atoms with E-state index in [-0.39, 0.29) is 24.3 Å². The molecule has 0 saturated carbocycles. The Balaban J connectivity index is 1.39. The number of carbonyl (C=O) groups is 2. The van der Waals surface area contributed by atoms with E-state index >= 15 is 0 Å². The van der Waals surface area contributed by atoms with E-state index < -0.39 is 0 Å². The van der Waals surface area contributed by atoms with Gasteiger partial charge in [-0.25, -0.2) is 4.98 Å². The molecule has 138 valence electrons. The maximum Gasteiger partial charge on any atom is 0.232 e. The number of likely N-dealkylation sites (tertiary alicyclic amines) is 2. The number of hydrogen-bond acceptors (Lipinski definition) is 4. The van der Waals surface area contributed by atoms with E-state index in [9.17, 15) is 9.59 Å². The van der Waals surface area contributed by atoms with E-state index in [2.05, 4.69) is 4.98 Å². The highest BCUT2D eigenvalue weighted by atomic mass is 16.3. The van der Waals surface area contributed by atoms with Crippen LogP contribution in [0.15, 0.2) is 28.7 Å². The molecule has 26 heavy (non-hydrogen) atoms. The van der Waals surface area contributed by atoms with Gasteiger partial charge in [0, 0.05) is 32.1 Å². The molecule has 2 saturated heterocycles. The number of fused-ring (bicyclic) bond motifs is 1. The first-order chi connectivity index (χ1) is 12.7. The van der Waals surface area contributed by atoms with Gasteiger partial charge in [-0.2, -0.15) is 0 Å². The number of piperidine rings is 1. The normalized spacial score (nSPS) is 20.9. The fourth-order valence-corrected chi connectivity index (χ4v) is 4.10. The Morgan fingerprint density at radius 3 is 2.88 bits per heavy atom. The van der Waals surface area contributed by atoms with Crippen LogP contribution in [-0.2, 0) is 16.0 Å². The van der Waals surface area contributed by atoms with Crippen molar-refractivity contribution in [1.29, 1.82) is 0 Å². The summed E-state index contributed by atoms with van der Waals surface area (Å²) in [5.74, 6) is 0.814. The van der Waals surface area contributed by atoms with Gasteiger partial charge in [-0.1, -0.05) is 12.1 Å². The first-order valence-electron chi connectivity index (χ1n) is 9.62. The highest BCUT2D eigenvalue weighted by molar-refractivity contribution is 5.80. The van der Waals surface area contributed by atoms with E-state index in [1.807, 2.05) is 34.1 Å². The summed E-state index contributed by atoms with van der Waals surface area (Å²) >= 11 is 0. The minimum absolute atomic E-state index is 0.0778. The van der Waals surface area contributed by atoms with Gasteiger partial charge in [-0.3, -0.25) is 9.59 Å². The van der Waals surface area contributed by atoms with Gasteiger partial charge in [0.25, 0.3) is 0 Å². The molecule has 6 heteroatoms. The summed E-state index contributed by atoms with van der Waals surface area (Å²) in [5.41, 5.74) is 1.51. The van der Waals surface area contributed by atoms with Gasteiger partial charge in [0.15, 0.2) is 5.58 Å². The Hall–Kier alpha value is -2.37. The third-order valence-electron chi connectivity index (χ3n) is 5.49. The van der Waals surface area contributed by atoms with Crippen LogP contribution in [0, 0.1) is 0 Å². The molecule has 0 radical (unpaired) electrons. The van der Waals surface area contributed by atoms with Crippen molar-refractivity contribution < 1.29 is 14.0 Å². The maximum absolute atomic E-state index is 12.9. The average Bonchev–Trinajstić information content (AvgIpc) is 3.25. The highest BCUT2D eigenvalue weighted by Gasteiger charge is 2.29. The van der Waals surface area contributed by atoms with Gasteiger partial charge in [-0.05, 0) is 44.2 Å². The van der Waals surface area contributed by atoms with Crippen molar-refractivity contribution in [3.05, 3.63) is 30.2 Å². The zero-order valence-corrected chi connectivity index (χ0v) is 15.0. The predicted molar refractivity (Wildman–Crippen MR) is 97.5 cm³/mol. The summed E-state index contributed by atoms with van der Waals surface area (Å²) in [4.78, 5) is 33.0. The number of rotatable bonds is 5. The van der Waals surface area contributed by atoms with Crippen molar-refractivity contribution in [2.75, 3.05) is 19.6 Å². The van der Waals surface area contributed by atoms with Crippen LogP contribution in [0.1, 0.15) is 44.4 Å². The number of benzene rings is 1. The average molecular weight is 355 g/mol. The van der Waals surface area contributed by atoms with Gasteiger partial charge in [0.05, 0.1) is 0 Å². The fraction of sp³-hybridized carbons (Fsp3) is 0.550. The molecule has 1 atom stereocenters. The maximum atomic E-state index is 12.9. The van der Waals surface area contributed by atoms with Crippen molar-refractivity contribution >= 4 is 22.9 Å². The number of amides is 2. The number of para-hydroxylation sites is 2. The van der Waals surface area contributed by atoms with Crippen LogP contribution in [0.4, 0.5) is 0 Å². The van der Waals surface area contributed by atoms with Gasteiger partial charge in [-0.15, -0.1) is 0 Å². The SMILES string of the molecule is O=C1CCCN1CCC1CCCCN1C(=O)Cc1nc2ccccc2o1. The molecular formula is C20H25N3O3. The van der Waals surface area contributed by atoms with Crippen LogP contribution in [0.2, 0.25) is 0 Å². The smallest absolute Gasteiger partial charge is 0.232 e. The van der Waals surface area contributed by atoms with Crippen molar-refractivity contribution in [2.45, 2.75) is 51.0 Å². The van der Waals surface area contributed by atoms with Crippen LogP contribution in [0.25, 0.3) is 11.1 Å². The Morgan fingerprint density at radius 2 is 2.08 bits per heavy atom. The van der Waals surface area contributed by atoms with E-state index in [0.29, 0.717) is 12.3 Å². The number of oxazole rings is 1. The molecule has 0 N–H and O–H groups in total. The standard InChI is InChI=1S/C20H25N3O3/c24-19-9-5-11-22(19)13-10-15-6-3-4-12-23(15)20(25)14-18-21-16-7-1-2-8-17(16)26-18/h1-2,7-8,15H,3-6,9-14H2. The number of hydrogen-bond donors (Lipinski definition) is 0. The first kappa shape index (κ1) is 17.1. The highest BCUT2D eigenvalue weighted by Crippen LogP contribution is 2.23. The minimum Gasteiger partial charge on any atom is -0.440 e. The first-order valence-corrected chi connectivity index (χ1v) is 9.62. The van der Waals surface area contributed by atoms with E-state index in [4.69, 9.17) is 4.42 Å². The third-order valence-corrected chi connectivity index (χ3v) is 5.49. The van der Waals surface area contributed by atoms with E-state index in [0.717, 1.165) is 62.8 Å². The van der Waals surface area contributed by atoms with Gasteiger partial charge in [0.1, 0.15) is 11.9 Å². The molecule has 6 nitrogen and oxygen atoms in total. The van der Waals surface area contributed by atoms with Crippen LogP contribution >= 0.6 is 0 Å². The molecule has 0 aliphatic carbocycles. The predicted octanol–water partition coefficient (Wildman–Crippen LogP) is 2.76. The monoisotopic (exact) mass is 355 g/mol. The van der Waals surface area contributed by atoms with Crippen LogP contribution in [-0.4, -0.2) is 52.3 Å². The largest absolute Gasteiger partial charge is 0.440 e. The summed E-state index contributed by atoms with van der Waals surface area (Å²) < 4.78 is 5.71. The van der Waals surface area contributed by atoms with Gasteiger partial charge >= 0.3 is 0 Å². The number of carbonyl (C=O) groups excluding carboxylic acids is 2. The molecule has 2 amide bonds. The second-order valence-electron chi connectivity index (χ2n) is 7.26. The van der Waals surface area contributed by atoms with E-state index in [1.165, 1.54) is 0 Å². The molecule has 2 aliphatic heterocycles. The summed E-state index contributed by atoms with van der Waals surface area (Å²) in [6.07, 6.45) is 5.90. The molecule has 0 spiro atoms. The van der Waals surface area contributed by atoms with Crippen molar-refractivity contribution in [2.24, 2.45) is 0 Å². The van der Waals surface area contributed by atoms with Gasteiger partial charge < -0.3 is 14.2 Å². The lowest BCUT2D eigenvalue weighted by Crippen LogP contribution is -2.46. The Morgan fingerprint density at radius 1 is 1.19 bits per heavy atom. The summed E-state index contributed by atoms with van der Waals surface area (Å²) in [5, 5.41) is 0. The second kappa shape index (κ2) is 7.48. The van der Waals surface area contributed by atoms with Crippen LogP contribution < -0.4 is 0 Å².